The molecule has 0 aliphatic carbocycles. The summed E-state index contributed by atoms with van der Waals surface area (Å²) in [5, 5.41) is 2.42. The van der Waals surface area contributed by atoms with Crippen LogP contribution in [0.5, 0.6) is 0 Å². The van der Waals surface area contributed by atoms with Crippen molar-refractivity contribution in [3.8, 4) is 0 Å². The highest BCUT2D eigenvalue weighted by molar-refractivity contribution is 5.59. The minimum Gasteiger partial charge on any atom is -0.384 e. The Morgan fingerprint density at radius 2 is 1.79 bits per heavy atom. The topological polar surface area (TPSA) is 63.8 Å². The maximum Gasteiger partial charge on any atom is 0.451 e. The lowest BCUT2D eigenvalue weighted by Gasteiger charge is -2.10. The summed E-state index contributed by atoms with van der Waals surface area (Å²) >= 11 is 0. The van der Waals surface area contributed by atoms with Crippen LogP contribution < -0.4 is 11.1 Å². The van der Waals surface area contributed by atoms with Crippen molar-refractivity contribution in [3.05, 3.63) is 42.0 Å². The van der Waals surface area contributed by atoms with Gasteiger partial charge >= 0.3 is 6.18 Å². The second kappa shape index (κ2) is 4.71. The maximum atomic E-state index is 13.4. The van der Waals surface area contributed by atoms with Crippen LogP contribution in [0, 0.1) is 5.82 Å². The molecule has 2 aromatic rings. The zero-order valence-corrected chi connectivity index (χ0v) is 9.37. The van der Waals surface area contributed by atoms with Gasteiger partial charge < -0.3 is 11.1 Å². The Kier molecular flexibility index (Phi) is 3.24. The maximum absolute atomic E-state index is 13.4. The molecule has 19 heavy (non-hydrogen) atoms. The molecule has 100 valence electrons. The number of para-hydroxylation sites is 1. The number of aromatic nitrogens is 2. The summed E-state index contributed by atoms with van der Waals surface area (Å²) in [4.78, 5) is 6.32. The van der Waals surface area contributed by atoms with Gasteiger partial charge in [-0.2, -0.15) is 13.2 Å². The van der Waals surface area contributed by atoms with E-state index in [0.717, 1.165) is 12.1 Å². The lowest BCUT2D eigenvalue weighted by molar-refractivity contribution is -0.144. The van der Waals surface area contributed by atoms with Gasteiger partial charge in [0.25, 0.3) is 0 Å². The molecule has 0 bridgehead atoms. The van der Waals surface area contributed by atoms with Gasteiger partial charge in [0.05, 0.1) is 5.69 Å². The first kappa shape index (κ1) is 13.1. The third-order valence-corrected chi connectivity index (χ3v) is 2.14. The van der Waals surface area contributed by atoms with Crippen molar-refractivity contribution in [3.63, 3.8) is 0 Å². The van der Waals surface area contributed by atoms with E-state index in [4.69, 9.17) is 5.73 Å². The van der Waals surface area contributed by atoms with Crippen LogP contribution in [-0.4, -0.2) is 9.97 Å². The number of benzene rings is 1. The molecular weight excluding hydrogens is 264 g/mol. The van der Waals surface area contributed by atoms with Crippen LogP contribution in [0.4, 0.5) is 34.9 Å². The highest BCUT2D eigenvalue weighted by Crippen LogP contribution is 2.28. The van der Waals surface area contributed by atoms with Gasteiger partial charge in [0.1, 0.15) is 17.5 Å². The molecule has 1 aromatic heterocycles. The van der Waals surface area contributed by atoms with Crippen LogP contribution in [-0.2, 0) is 6.18 Å². The molecule has 3 N–H and O–H groups in total. The minimum atomic E-state index is -4.72. The van der Waals surface area contributed by atoms with Crippen molar-refractivity contribution in [2.24, 2.45) is 0 Å². The number of anilines is 3. The predicted octanol–water partition coefficient (Wildman–Crippen LogP) is 2.96. The van der Waals surface area contributed by atoms with Gasteiger partial charge in [-0.3, -0.25) is 0 Å². The molecule has 0 saturated carbocycles. The summed E-state index contributed by atoms with van der Waals surface area (Å²) < 4.78 is 50.8. The van der Waals surface area contributed by atoms with Crippen LogP contribution in [0.3, 0.4) is 0 Å². The van der Waals surface area contributed by atoms with Crippen LogP contribution in [0.25, 0.3) is 0 Å². The molecule has 8 heteroatoms. The number of nitrogens with one attached hydrogen (secondary N) is 1. The van der Waals surface area contributed by atoms with Gasteiger partial charge in [-0.05, 0) is 12.1 Å². The second-order valence-electron chi connectivity index (χ2n) is 3.60. The Labute approximate surface area is 105 Å². The second-order valence-corrected chi connectivity index (χ2v) is 3.60. The van der Waals surface area contributed by atoms with E-state index < -0.39 is 17.8 Å². The summed E-state index contributed by atoms with van der Waals surface area (Å²) in [6, 6.07) is 6.59. The number of alkyl halides is 3. The average molecular weight is 272 g/mol. The Morgan fingerprint density at radius 3 is 2.42 bits per heavy atom. The normalized spacial score (nSPS) is 11.4. The smallest absolute Gasteiger partial charge is 0.384 e. The van der Waals surface area contributed by atoms with Gasteiger partial charge in [-0.1, -0.05) is 12.1 Å². The van der Waals surface area contributed by atoms with Crippen molar-refractivity contribution in [1.82, 2.24) is 9.97 Å². The molecule has 0 aliphatic rings. The molecule has 0 radical (unpaired) electrons. The number of hydrogen-bond donors (Lipinski definition) is 2. The van der Waals surface area contributed by atoms with E-state index >= 15 is 0 Å². The van der Waals surface area contributed by atoms with Crippen molar-refractivity contribution < 1.29 is 17.6 Å². The molecule has 0 aliphatic heterocycles. The van der Waals surface area contributed by atoms with E-state index in [2.05, 4.69) is 15.3 Å². The number of nitrogens with zero attached hydrogens (tertiary/aromatic N) is 2. The SMILES string of the molecule is Nc1cc(Nc2ccccc2F)nc(C(F)(F)F)n1. The van der Waals surface area contributed by atoms with Crippen LogP contribution in [0.2, 0.25) is 0 Å². The number of halogens is 4. The summed E-state index contributed by atoms with van der Waals surface area (Å²) in [6.45, 7) is 0. The summed E-state index contributed by atoms with van der Waals surface area (Å²) in [6.07, 6.45) is -4.72. The molecule has 1 aromatic carbocycles. The number of hydrogen-bond acceptors (Lipinski definition) is 4. The Morgan fingerprint density at radius 1 is 1.11 bits per heavy atom. The summed E-state index contributed by atoms with van der Waals surface area (Å²) in [5.74, 6) is -2.59. The van der Waals surface area contributed by atoms with Gasteiger partial charge in [0.2, 0.25) is 5.82 Å². The highest BCUT2D eigenvalue weighted by Gasteiger charge is 2.35. The molecule has 0 atom stereocenters. The van der Waals surface area contributed by atoms with Crippen molar-refractivity contribution in [1.29, 1.82) is 0 Å². The molecule has 0 amide bonds. The number of rotatable bonds is 2. The minimum absolute atomic E-state index is 0.00581. The average Bonchev–Trinajstić information content (AvgIpc) is 2.30. The first-order valence-corrected chi connectivity index (χ1v) is 5.09. The zero-order chi connectivity index (χ0) is 14.0. The number of nitrogens with two attached hydrogens (primary N) is 1. The summed E-state index contributed by atoms with van der Waals surface area (Å²) in [5.41, 5.74) is 5.26. The predicted molar refractivity (Wildman–Crippen MR) is 61.1 cm³/mol. The fraction of sp³-hybridized carbons (Fsp3) is 0.0909. The fourth-order valence-electron chi connectivity index (χ4n) is 1.36. The Balaban J connectivity index is 2.36. The standard InChI is InChI=1S/C11H8F4N4/c12-6-3-1-2-4-7(6)17-9-5-8(16)18-10(19-9)11(13,14)15/h1-5H,(H3,16,17,18,19). The Bertz CT molecular complexity index is 597. The third-order valence-electron chi connectivity index (χ3n) is 2.14. The lowest BCUT2D eigenvalue weighted by Crippen LogP contribution is -2.13. The molecular formula is C11H8F4N4. The molecule has 0 unspecified atom stereocenters. The first-order valence-electron chi connectivity index (χ1n) is 5.09. The Hall–Kier alpha value is -2.38. The molecule has 2 rings (SSSR count). The lowest BCUT2D eigenvalue weighted by atomic mass is 10.3. The van der Waals surface area contributed by atoms with E-state index in [1.807, 2.05) is 0 Å². The monoisotopic (exact) mass is 272 g/mol. The fourth-order valence-corrected chi connectivity index (χ4v) is 1.36. The van der Waals surface area contributed by atoms with Gasteiger partial charge in [-0.25, -0.2) is 14.4 Å². The molecule has 4 nitrogen and oxygen atoms in total. The van der Waals surface area contributed by atoms with Gasteiger partial charge in [0.15, 0.2) is 0 Å². The van der Waals surface area contributed by atoms with Crippen molar-refractivity contribution >= 4 is 17.3 Å². The van der Waals surface area contributed by atoms with E-state index in [0.29, 0.717) is 0 Å². The quantitative estimate of drug-likeness (QED) is 0.825. The van der Waals surface area contributed by atoms with Crippen LogP contribution >= 0.6 is 0 Å². The van der Waals surface area contributed by atoms with Gasteiger partial charge in [-0.15, -0.1) is 0 Å². The molecule has 0 saturated heterocycles. The van der Waals surface area contributed by atoms with Gasteiger partial charge in [0, 0.05) is 6.07 Å². The largest absolute Gasteiger partial charge is 0.451 e. The van der Waals surface area contributed by atoms with Crippen molar-refractivity contribution in [2.75, 3.05) is 11.1 Å². The highest BCUT2D eigenvalue weighted by atomic mass is 19.4. The van der Waals surface area contributed by atoms with E-state index in [1.54, 1.807) is 0 Å². The van der Waals surface area contributed by atoms with Crippen LogP contribution in [0.15, 0.2) is 30.3 Å². The van der Waals surface area contributed by atoms with Crippen LogP contribution in [0.1, 0.15) is 5.82 Å². The number of nitrogen functional groups attached to an aromatic ring is 1. The first-order chi connectivity index (χ1) is 8.86. The molecule has 1 heterocycles. The van der Waals surface area contributed by atoms with E-state index in [-0.39, 0.29) is 17.3 Å². The van der Waals surface area contributed by atoms with E-state index in [1.165, 1.54) is 18.2 Å². The summed E-state index contributed by atoms with van der Waals surface area (Å²) in [7, 11) is 0. The molecule has 0 fully saturated rings. The zero-order valence-electron chi connectivity index (χ0n) is 9.37. The molecule has 0 spiro atoms. The van der Waals surface area contributed by atoms with E-state index in [9.17, 15) is 17.6 Å². The van der Waals surface area contributed by atoms with Crippen molar-refractivity contribution in [2.45, 2.75) is 6.18 Å². The third kappa shape index (κ3) is 3.09.